The summed E-state index contributed by atoms with van der Waals surface area (Å²) in [5.41, 5.74) is 2.37. The fourth-order valence-electron chi connectivity index (χ4n) is 1.90. The van der Waals surface area contributed by atoms with E-state index in [0.717, 1.165) is 16.7 Å². The Hall–Kier alpha value is -2.04. The summed E-state index contributed by atoms with van der Waals surface area (Å²) in [7, 11) is 0. The van der Waals surface area contributed by atoms with E-state index in [1.165, 1.54) is 0 Å². The van der Waals surface area contributed by atoms with Crippen LogP contribution in [0.3, 0.4) is 0 Å². The van der Waals surface area contributed by atoms with Crippen LogP contribution in [0.4, 0.5) is 4.79 Å². The van der Waals surface area contributed by atoms with Gasteiger partial charge in [-0.1, -0.05) is 18.2 Å². The van der Waals surface area contributed by atoms with Crippen molar-refractivity contribution in [3.8, 4) is 0 Å². The van der Waals surface area contributed by atoms with Crippen LogP contribution >= 0.6 is 0 Å². The van der Waals surface area contributed by atoms with Crippen LogP contribution in [-0.4, -0.2) is 28.8 Å². The Morgan fingerprint density at radius 2 is 1.90 bits per heavy atom. The number of carbonyl (C=O) groups is 2. The largest absolute Gasteiger partial charge is 0.480 e. The van der Waals surface area contributed by atoms with Gasteiger partial charge in [-0.25, -0.2) is 9.59 Å². The number of carboxylic acids is 1. The van der Waals surface area contributed by atoms with Gasteiger partial charge in [-0.05, 0) is 51.3 Å². The number of rotatable bonds is 4. The van der Waals surface area contributed by atoms with Gasteiger partial charge < -0.3 is 15.2 Å². The molecule has 0 aliphatic carbocycles. The Balaban J connectivity index is 2.82. The van der Waals surface area contributed by atoms with Gasteiger partial charge in [-0.15, -0.1) is 0 Å². The second-order valence-electron chi connectivity index (χ2n) is 6.10. The van der Waals surface area contributed by atoms with Gasteiger partial charge >= 0.3 is 12.1 Å². The van der Waals surface area contributed by atoms with Crippen LogP contribution in [0.15, 0.2) is 18.2 Å². The van der Waals surface area contributed by atoms with Crippen molar-refractivity contribution in [2.45, 2.75) is 52.7 Å². The number of aryl methyl sites for hydroxylation is 1. The van der Waals surface area contributed by atoms with Crippen molar-refractivity contribution in [1.82, 2.24) is 5.32 Å². The number of amides is 1. The minimum absolute atomic E-state index is 0.224. The maximum absolute atomic E-state index is 11.7. The summed E-state index contributed by atoms with van der Waals surface area (Å²) in [6.07, 6.45) is -0.498. The van der Waals surface area contributed by atoms with Crippen LogP contribution in [-0.2, 0) is 16.0 Å². The summed E-state index contributed by atoms with van der Waals surface area (Å²) in [4.78, 5) is 23.0. The highest BCUT2D eigenvalue weighted by Gasteiger charge is 2.24. The van der Waals surface area contributed by atoms with Gasteiger partial charge in [0.05, 0.1) is 0 Å². The van der Waals surface area contributed by atoms with Crippen LogP contribution in [0, 0.1) is 13.8 Å². The highest BCUT2D eigenvalue weighted by molar-refractivity contribution is 5.80. The minimum atomic E-state index is -1.08. The highest BCUT2D eigenvalue weighted by atomic mass is 16.6. The third kappa shape index (κ3) is 5.45. The van der Waals surface area contributed by atoms with E-state index in [-0.39, 0.29) is 6.42 Å². The van der Waals surface area contributed by atoms with E-state index in [2.05, 4.69) is 5.32 Å². The molecule has 0 bridgehead atoms. The van der Waals surface area contributed by atoms with Gasteiger partial charge in [0.25, 0.3) is 0 Å². The molecule has 2 N–H and O–H groups in total. The van der Waals surface area contributed by atoms with Gasteiger partial charge in [0.1, 0.15) is 11.6 Å². The first-order chi connectivity index (χ1) is 9.60. The number of carboxylic acid groups (broad SMARTS) is 1. The monoisotopic (exact) mass is 293 g/mol. The van der Waals surface area contributed by atoms with E-state index < -0.39 is 23.7 Å². The average Bonchev–Trinajstić information content (AvgIpc) is 2.31. The van der Waals surface area contributed by atoms with E-state index in [9.17, 15) is 14.7 Å². The summed E-state index contributed by atoms with van der Waals surface area (Å²) in [5.74, 6) is -1.08. The van der Waals surface area contributed by atoms with Crippen molar-refractivity contribution >= 4 is 12.1 Å². The molecule has 0 unspecified atom stereocenters. The number of benzene rings is 1. The molecule has 0 spiro atoms. The molecule has 0 saturated heterocycles. The van der Waals surface area contributed by atoms with Crippen molar-refractivity contribution in [3.63, 3.8) is 0 Å². The quantitative estimate of drug-likeness (QED) is 0.895. The van der Waals surface area contributed by atoms with Crippen LogP contribution < -0.4 is 5.32 Å². The van der Waals surface area contributed by atoms with Gasteiger partial charge in [0.15, 0.2) is 0 Å². The zero-order valence-electron chi connectivity index (χ0n) is 13.2. The molecule has 0 aliphatic rings. The Bertz CT molecular complexity index is 532. The van der Waals surface area contributed by atoms with Crippen molar-refractivity contribution in [1.29, 1.82) is 0 Å². The zero-order valence-corrected chi connectivity index (χ0v) is 13.2. The second-order valence-corrected chi connectivity index (χ2v) is 6.10. The molecule has 0 aliphatic heterocycles. The van der Waals surface area contributed by atoms with Crippen molar-refractivity contribution in [2.75, 3.05) is 0 Å². The molecular weight excluding hydrogens is 270 g/mol. The smallest absolute Gasteiger partial charge is 0.408 e. The SMILES string of the molecule is Cc1cccc(C[C@H](NC(=O)OC(C)(C)C)C(=O)O)c1C. The first-order valence-electron chi connectivity index (χ1n) is 6.87. The van der Waals surface area contributed by atoms with Crippen molar-refractivity contribution in [3.05, 3.63) is 34.9 Å². The first kappa shape index (κ1) is 17.0. The summed E-state index contributed by atoms with van der Waals surface area (Å²) in [6.45, 7) is 9.10. The Morgan fingerprint density at radius 1 is 1.29 bits per heavy atom. The van der Waals surface area contributed by atoms with E-state index >= 15 is 0 Å². The predicted molar refractivity (Wildman–Crippen MR) is 80.4 cm³/mol. The lowest BCUT2D eigenvalue weighted by atomic mass is 9.98. The molecule has 116 valence electrons. The number of carbonyl (C=O) groups excluding carboxylic acids is 1. The lowest BCUT2D eigenvalue weighted by Crippen LogP contribution is -2.44. The molecule has 1 amide bonds. The summed E-state index contributed by atoms with van der Waals surface area (Å²) in [6, 6.07) is 4.70. The molecule has 1 atom stereocenters. The Labute approximate surface area is 125 Å². The topological polar surface area (TPSA) is 75.6 Å². The molecule has 21 heavy (non-hydrogen) atoms. The summed E-state index contributed by atoms with van der Waals surface area (Å²) in [5, 5.41) is 11.7. The standard InChI is InChI=1S/C16H23NO4/c1-10-7-6-8-12(11(10)2)9-13(14(18)19)17-15(20)21-16(3,4)5/h6-8,13H,9H2,1-5H3,(H,17,20)(H,18,19)/t13-/m0/s1. The fourth-order valence-corrected chi connectivity index (χ4v) is 1.90. The zero-order chi connectivity index (χ0) is 16.2. The third-order valence-electron chi connectivity index (χ3n) is 3.13. The first-order valence-corrected chi connectivity index (χ1v) is 6.87. The normalized spacial score (nSPS) is 12.6. The number of hydrogen-bond acceptors (Lipinski definition) is 3. The van der Waals surface area contributed by atoms with Gasteiger partial charge in [-0.3, -0.25) is 0 Å². The Kier molecular flexibility index (Phi) is 5.35. The molecule has 0 saturated carbocycles. The maximum Gasteiger partial charge on any atom is 0.408 e. The van der Waals surface area contributed by atoms with E-state index in [4.69, 9.17) is 4.74 Å². The van der Waals surface area contributed by atoms with Gasteiger partial charge in [0.2, 0.25) is 0 Å². The van der Waals surface area contributed by atoms with E-state index in [1.54, 1.807) is 20.8 Å². The summed E-state index contributed by atoms with van der Waals surface area (Å²) >= 11 is 0. The molecule has 0 fully saturated rings. The number of ether oxygens (including phenoxy) is 1. The highest BCUT2D eigenvalue weighted by Crippen LogP contribution is 2.15. The molecule has 0 heterocycles. The molecule has 0 aromatic heterocycles. The number of hydrogen-bond donors (Lipinski definition) is 2. The molecule has 1 aromatic rings. The van der Waals surface area contributed by atoms with Gasteiger partial charge in [-0.2, -0.15) is 0 Å². The molecule has 5 nitrogen and oxygen atoms in total. The Morgan fingerprint density at radius 3 is 2.43 bits per heavy atom. The van der Waals surface area contributed by atoms with Crippen LogP contribution in [0.2, 0.25) is 0 Å². The van der Waals surface area contributed by atoms with E-state index in [0.29, 0.717) is 0 Å². The van der Waals surface area contributed by atoms with Crippen LogP contribution in [0.25, 0.3) is 0 Å². The fraction of sp³-hybridized carbons (Fsp3) is 0.500. The number of aliphatic carboxylic acids is 1. The molecular formula is C16H23NO4. The van der Waals surface area contributed by atoms with Crippen molar-refractivity contribution < 1.29 is 19.4 Å². The van der Waals surface area contributed by atoms with Gasteiger partial charge in [0, 0.05) is 6.42 Å². The van der Waals surface area contributed by atoms with E-state index in [1.807, 2.05) is 32.0 Å². The lowest BCUT2D eigenvalue weighted by Gasteiger charge is -2.22. The molecule has 1 aromatic carbocycles. The number of alkyl carbamates (subject to hydrolysis) is 1. The van der Waals surface area contributed by atoms with Crippen LogP contribution in [0.5, 0.6) is 0 Å². The second kappa shape index (κ2) is 6.61. The molecule has 0 radical (unpaired) electrons. The number of nitrogens with one attached hydrogen (secondary N) is 1. The average molecular weight is 293 g/mol. The third-order valence-corrected chi connectivity index (χ3v) is 3.13. The maximum atomic E-state index is 11.7. The minimum Gasteiger partial charge on any atom is -0.480 e. The lowest BCUT2D eigenvalue weighted by molar-refractivity contribution is -0.139. The summed E-state index contributed by atoms with van der Waals surface area (Å²) < 4.78 is 5.10. The molecule has 5 heteroatoms. The van der Waals surface area contributed by atoms with Crippen LogP contribution in [0.1, 0.15) is 37.5 Å². The predicted octanol–water partition coefficient (Wildman–Crippen LogP) is 2.82. The molecule has 1 rings (SSSR count). The van der Waals surface area contributed by atoms with Crippen molar-refractivity contribution in [2.24, 2.45) is 0 Å².